The predicted octanol–water partition coefficient (Wildman–Crippen LogP) is 3.96. The molecule has 1 saturated heterocycles. The largest absolute Gasteiger partial charge is 0.493 e. The molecule has 0 radical (unpaired) electrons. The lowest BCUT2D eigenvalue weighted by atomic mass is 10.2. The first kappa shape index (κ1) is 21.1. The van der Waals surface area contributed by atoms with Gasteiger partial charge in [-0.05, 0) is 18.9 Å². The first-order valence-corrected chi connectivity index (χ1v) is 10.7. The molecule has 0 spiro atoms. The number of anilines is 3. The van der Waals surface area contributed by atoms with E-state index in [4.69, 9.17) is 18.9 Å². The van der Waals surface area contributed by atoms with Crippen molar-refractivity contribution >= 4 is 28.1 Å². The van der Waals surface area contributed by atoms with Crippen molar-refractivity contribution in [3.05, 3.63) is 30.6 Å². The summed E-state index contributed by atoms with van der Waals surface area (Å²) in [6.07, 6.45) is 6.00. The number of benzene rings is 1. The van der Waals surface area contributed by atoms with Gasteiger partial charge in [-0.2, -0.15) is 0 Å². The quantitative estimate of drug-likeness (QED) is 0.509. The molecule has 2 N–H and O–H groups in total. The van der Waals surface area contributed by atoms with Gasteiger partial charge in [-0.3, -0.25) is 0 Å². The van der Waals surface area contributed by atoms with E-state index in [2.05, 4.69) is 25.6 Å². The molecular weight excluding hydrogens is 418 g/mol. The lowest BCUT2D eigenvalue weighted by Crippen LogP contribution is -2.18. The highest BCUT2D eigenvalue weighted by molar-refractivity contribution is 7.18. The van der Waals surface area contributed by atoms with Crippen LogP contribution in [0.25, 0.3) is 10.6 Å². The lowest BCUT2D eigenvalue weighted by molar-refractivity contribution is 0.120. The van der Waals surface area contributed by atoms with Crippen LogP contribution in [-0.2, 0) is 4.74 Å². The molecule has 31 heavy (non-hydrogen) atoms. The van der Waals surface area contributed by atoms with Crippen LogP contribution in [0.15, 0.2) is 30.6 Å². The van der Waals surface area contributed by atoms with Crippen LogP contribution in [0.3, 0.4) is 0 Å². The molecule has 164 valence electrons. The van der Waals surface area contributed by atoms with Crippen LogP contribution in [0, 0.1) is 0 Å². The Hall–Kier alpha value is -3.11. The number of methoxy groups -OCH3 is 3. The fourth-order valence-corrected chi connectivity index (χ4v) is 4.11. The number of hydrogen-bond acceptors (Lipinski definition) is 10. The number of thiazole rings is 1. The van der Waals surface area contributed by atoms with Gasteiger partial charge in [-0.15, -0.1) is 0 Å². The predicted molar refractivity (Wildman–Crippen MR) is 120 cm³/mol. The van der Waals surface area contributed by atoms with Gasteiger partial charge in [0.25, 0.3) is 0 Å². The maximum atomic E-state index is 5.65. The molecule has 0 bridgehead atoms. The van der Waals surface area contributed by atoms with Crippen LogP contribution in [0.2, 0.25) is 0 Å². The topological polar surface area (TPSA) is 99.7 Å². The second-order valence-corrected chi connectivity index (χ2v) is 7.88. The van der Waals surface area contributed by atoms with Crippen LogP contribution in [0.4, 0.5) is 16.8 Å². The summed E-state index contributed by atoms with van der Waals surface area (Å²) >= 11 is 1.55. The molecular formula is C21H25N5O4S. The molecule has 3 heterocycles. The Morgan fingerprint density at radius 1 is 1.13 bits per heavy atom. The highest BCUT2D eigenvalue weighted by atomic mass is 32.1. The molecule has 10 heteroatoms. The van der Waals surface area contributed by atoms with Crippen molar-refractivity contribution in [3.8, 4) is 27.8 Å². The molecule has 1 aliphatic rings. The van der Waals surface area contributed by atoms with Crippen LogP contribution >= 0.6 is 11.3 Å². The molecule has 1 unspecified atom stereocenters. The van der Waals surface area contributed by atoms with Gasteiger partial charge in [-0.1, -0.05) is 11.3 Å². The van der Waals surface area contributed by atoms with Crippen molar-refractivity contribution in [2.24, 2.45) is 0 Å². The van der Waals surface area contributed by atoms with Gasteiger partial charge in [0.15, 0.2) is 16.6 Å². The number of hydrogen-bond donors (Lipinski definition) is 2. The third kappa shape index (κ3) is 4.97. The normalized spacial score (nSPS) is 15.5. The van der Waals surface area contributed by atoms with E-state index in [1.54, 1.807) is 51.0 Å². The average Bonchev–Trinajstić information content (AvgIpc) is 3.49. The summed E-state index contributed by atoms with van der Waals surface area (Å²) in [6.45, 7) is 1.61. The maximum absolute atomic E-state index is 5.65. The summed E-state index contributed by atoms with van der Waals surface area (Å²) < 4.78 is 21.8. The minimum atomic E-state index is 0.265. The van der Waals surface area contributed by atoms with Gasteiger partial charge < -0.3 is 29.6 Å². The molecule has 0 saturated carbocycles. The Balaban J connectivity index is 1.49. The summed E-state index contributed by atoms with van der Waals surface area (Å²) in [4.78, 5) is 14.4. The minimum Gasteiger partial charge on any atom is -0.493 e. The first-order chi connectivity index (χ1) is 15.2. The van der Waals surface area contributed by atoms with E-state index in [1.165, 1.54) is 0 Å². The molecule has 1 fully saturated rings. The van der Waals surface area contributed by atoms with E-state index in [9.17, 15) is 0 Å². The molecule has 9 nitrogen and oxygen atoms in total. The zero-order chi connectivity index (χ0) is 21.6. The monoisotopic (exact) mass is 443 g/mol. The maximum Gasteiger partial charge on any atom is 0.227 e. The van der Waals surface area contributed by atoms with E-state index >= 15 is 0 Å². The second kappa shape index (κ2) is 9.80. The SMILES string of the molecule is COc1cc(Nc2nccc(-c3cnc(NCC4CCCO4)s3)n2)cc(OC)c1OC. The van der Waals surface area contributed by atoms with E-state index in [0.29, 0.717) is 23.2 Å². The average molecular weight is 444 g/mol. The highest BCUT2D eigenvalue weighted by Crippen LogP contribution is 2.40. The third-order valence-corrected chi connectivity index (χ3v) is 5.82. The summed E-state index contributed by atoms with van der Waals surface area (Å²) in [5.74, 6) is 2.07. The second-order valence-electron chi connectivity index (χ2n) is 6.85. The van der Waals surface area contributed by atoms with E-state index in [1.807, 2.05) is 12.3 Å². The molecule has 1 aromatic carbocycles. The standard InChI is InChI=1S/C21H25N5O4S/c1-27-16-9-13(10-17(28-2)19(16)29-3)25-20-22-7-6-15(26-20)18-12-24-21(31-18)23-11-14-5-4-8-30-14/h6-7,9-10,12,14H,4-5,8,11H2,1-3H3,(H,23,24)(H,22,25,26). The van der Waals surface area contributed by atoms with Crippen molar-refractivity contribution in [2.45, 2.75) is 18.9 Å². The van der Waals surface area contributed by atoms with Gasteiger partial charge in [-0.25, -0.2) is 15.0 Å². The summed E-state index contributed by atoms with van der Waals surface area (Å²) in [6, 6.07) is 5.46. The molecule has 1 atom stereocenters. The van der Waals surface area contributed by atoms with Crippen LogP contribution < -0.4 is 24.8 Å². The van der Waals surface area contributed by atoms with Crippen LogP contribution in [0.1, 0.15) is 12.8 Å². The highest BCUT2D eigenvalue weighted by Gasteiger charge is 2.16. The number of rotatable bonds is 9. The van der Waals surface area contributed by atoms with Crippen molar-refractivity contribution in [3.63, 3.8) is 0 Å². The van der Waals surface area contributed by atoms with Gasteiger partial charge in [0.1, 0.15) is 0 Å². The van der Waals surface area contributed by atoms with E-state index in [0.717, 1.165) is 47.4 Å². The number of aromatic nitrogens is 3. The zero-order valence-electron chi connectivity index (χ0n) is 17.7. The number of ether oxygens (including phenoxy) is 4. The smallest absolute Gasteiger partial charge is 0.227 e. The van der Waals surface area contributed by atoms with Crippen molar-refractivity contribution in [1.82, 2.24) is 15.0 Å². The number of nitrogens with one attached hydrogen (secondary N) is 2. The fraction of sp³-hybridized carbons (Fsp3) is 0.381. The minimum absolute atomic E-state index is 0.265. The molecule has 1 aliphatic heterocycles. The molecule has 2 aromatic heterocycles. The first-order valence-electron chi connectivity index (χ1n) is 9.92. The van der Waals surface area contributed by atoms with Crippen LogP contribution in [-0.4, -0.2) is 55.5 Å². The Labute approximate surface area is 184 Å². The van der Waals surface area contributed by atoms with Gasteiger partial charge >= 0.3 is 0 Å². The zero-order valence-corrected chi connectivity index (χ0v) is 18.5. The third-order valence-electron chi connectivity index (χ3n) is 4.84. The molecule has 0 amide bonds. The van der Waals surface area contributed by atoms with Crippen molar-refractivity contribution < 1.29 is 18.9 Å². The Morgan fingerprint density at radius 2 is 1.94 bits per heavy atom. The Kier molecular flexibility index (Phi) is 6.68. The van der Waals surface area contributed by atoms with Gasteiger partial charge in [0.2, 0.25) is 11.7 Å². The van der Waals surface area contributed by atoms with E-state index < -0.39 is 0 Å². The lowest BCUT2D eigenvalue weighted by Gasteiger charge is -2.14. The Morgan fingerprint density at radius 3 is 2.61 bits per heavy atom. The molecule has 3 aromatic rings. The van der Waals surface area contributed by atoms with Crippen molar-refractivity contribution in [2.75, 3.05) is 45.1 Å². The van der Waals surface area contributed by atoms with E-state index in [-0.39, 0.29) is 6.10 Å². The fourth-order valence-electron chi connectivity index (χ4n) is 3.32. The van der Waals surface area contributed by atoms with Crippen molar-refractivity contribution in [1.29, 1.82) is 0 Å². The molecule has 4 rings (SSSR count). The molecule has 0 aliphatic carbocycles. The van der Waals surface area contributed by atoms with Gasteiger partial charge in [0.05, 0.1) is 38.0 Å². The number of nitrogens with zero attached hydrogens (tertiary/aromatic N) is 3. The summed E-state index contributed by atoms with van der Waals surface area (Å²) in [5.41, 5.74) is 1.50. The summed E-state index contributed by atoms with van der Waals surface area (Å²) in [7, 11) is 4.72. The summed E-state index contributed by atoms with van der Waals surface area (Å²) in [5, 5.41) is 7.40. The van der Waals surface area contributed by atoms with Crippen LogP contribution in [0.5, 0.6) is 17.2 Å². The Bertz CT molecular complexity index is 998. The van der Waals surface area contributed by atoms with Gasteiger partial charge in [0, 0.05) is 43.4 Å².